The van der Waals surface area contributed by atoms with Gasteiger partial charge in [-0.25, -0.2) is 0 Å². The Kier molecular flexibility index (Phi) is 3.34. The van der Waals surface area contributed by atoms with Crippen LogP contribution in [-0.4, -0.2) is 6.29 Å². The smallest absolute Gasteiger partial charge is 0.129 e. The second-order valence-electron chi connectivity index (χ2n) is 3.54. The molecule has 0 bridgehead atoms. The van der Waals surface area contributed by atoms with E-state index in [4.69, 9.17) is 0 Å². The maximum Gasteiger partial charge on any atom is 0.129 e. The van der Waals surface area contributed by atoms with E-state index in [-0.39, 0.29) is 5.41 Å². The van der Waals surface area contributed by atoms with Crippen molar-refractivity contribution in [1.29, 1.82) is 0 Å². The first kappa shape index (κ1) is 9.41. The predicted molar refractivity (Wildman–Crippen MR) is 43.8 cm³/mol. The van der Waals surface area contributed by atoms with E-state index in [0.29, 0.717) is 5.92 Å². The number of hydrogen-bond donors (Lipinski definition) is 0. The lowest BCUT2D eigenvalue weighted by atomic mass is 9.94. The molecule has 0 saturated heterocycles. The van der Waals surface area contributed by atoms with Crippen LogP contribution >= 0.6 is 0 Å². The number of aldehydes is 1. The Balaban J connectivity index is 3.98. The summed E-state index contributed by atoms with van der Waals surface area (Å²) in [5, 5.41) is 0. The van der Waals surface area contributed by atoms with Crippen LogP contribution in [0, 0.1) is 11.3 Å². The van der Waals surface area contributed by atoms with Crippen LogP contribution in [0.1, 0.15) is 27.7 Å². The average molecular weight is 140 g/mol. The largest absolute Gasteiger partial charge is 0.302 e. The molecule has 0 spiro atoms. The van der Waals surface area contributed by atoms with Gasteiger partial charge in [-0.05, 0) is 19.8 Å². The van der Waals surface area contributed by atoms with Crippen molar-refractivity contribution in [3.63, 3.8) is 0 Å². The minimum atomic E-state index is -0.287. The summed E-state index contributed by atoms with van der Waals surface area (Å²) in [5.41, 5.74) is -0.287. The van der Waals surface area contributed by atoms with Crippen molar-refractivity contribution in [2.24, 2.45) is 11.3 Å². The second kappa shape index (κ2) is 3.55. The summed E-state index contributed by atoms with van der Waals surface area (Å²) in [6.45, 7) is 7.99. The third-order valence-corrected chi connectivity index (χ3v) is 1.21. The van der Waals surface area contributed by atoms with Gasteiger partial charge in [0.25, 0.3) is 0 Å². The zero-order chi connectivity index (χ0) is 8.20. The fourth-order valence-electron chi connectivity index (χ4n) is 0.480. The Bertz CT molecular complexity index is 132. The SMILES string of the molecule is CC(C)/C=C/C(C)(C)C=O. The van der Waals surface area contributed by atoms with Gasteiger partial charge in [-0.1, -0.05) is 26.0 Å². The summed E-state index contributed by atoms with van der Waals surface area (Å²) in [5.74, 6) is 0.527. The lowest BCUT2D eigenvalue weighted by Gasteiger charge is -2.09. The Hall–Kier alpha value is -0.590. The number of rotatable bonds is 3. The zero-order valence-corrected chi connectivity index (χ0v) is 7.22. The molecule has 0 aliphatic rings. The molecule has 0 N–H and O–H groups in total. The molecule has 0 aliphatic heterocycles. The van der Waals surface area contributed by atoms with Crippen molar-refractivity contribution >= 4 is 6.29 Å². The van der Waals surface area contributed by atoms with Crippen LogP contribution in [0.3, 0.4) is 0 Å². The van der Waals surface area contributed by atoms with E-state index in [1.165, 1.54) is 0 Å². The molecule has 0 heterocycles. The summed E-state index contributed by atoms with van der Waals surface area (Å²) in [7, 11) is 0. The van der Waals surface area contributed by atoms with Gasteiger partial charge in [-0.3, -0.25) is 0 Å². The lowest BCUT2D eigenvalue weighted by Crippen LogP contribution is -2.08. The van der Waals surface area contributed by atoms with Gasteiger partial charge in [0, 0.05) is 5.41 Å². The molecule has 0 unspecified atom stereocenters. The third-order valence-electron chi connectivity index (χ3n) is 1.21. The Morgan fingerprint density at radius 2 is 1.80 bits per heavy atom. The average Bonchev–Trinajstić information content (AvgIpc) is 1.85. The molecule has 1 heteroatoms. The summed E-state index contributed by atoms with van der Waals surface area (Å²) in [4.78, 5) is 10.4. The first-order valence-corrected chi connectivity index (χ1v) is 3.63. The molecule has 1 nitrogen and oxygen atoms in total. The van der Waals surface area contributed by atoms with Crippen molar-refractivity contribution in [2.75, 3.05) is 0 Å². The van der Waals surface area contributed by atoms with E-state index in [1.807, 2.05) is 19.9 Å². The Morgan fingerprint density at radius 1 is 1.30 bits per heavy atom. The van der Waals surface area contributed by atoms with E-state index >= 15 is 0 Å². The van der Waals surface area contributed by atoms with Crippen molar-refractivity contribution in [3.8, 4) is 0 Å². The highest BCUT2D eigenvalue weighted by molar-refractivity contribution is 5.61. The molecular formula is C9H16O. The van der Waals surface area contributed by atoms with Gasteiger partial charge in [-0.15, -0.1) is 0 Å². The van der Waals surface area contributed by atoms with E-state index in [0.717, 1.165) is 6.29 Å². The van der Waals surface area contributed by atoms with Crippen molar-refractivity contribution in [3.05, 3.63) is 12.2 Å². The van der Waals surface area contributed by atoms with Gasteiger partial charge in [0.05, 0.1) is 0 Å². The summed E-state index contributed by atoms with van der Waals surface area (Å²) in [6.07, 6.45) is 4.96. The molecule has 58 valence electrons. The molecule has 0 rings (SSSR count). The van der Waals surface area contributed by atoms with Crippen LogP contribution in [0.15, 0.2) is 12.2 Å². The van der Waals surface area contributed by atoms with Crippen LogP contribution in [0.5, 0.6) is 0 Å². The van der Waals surface area contributed by atoms with Crippen LogP contribution in [0.2, 0.25) is 0 Å². The van der Waals surface area contributed by atoms with E-state index in [2.05, 4.69) is 19.9 Å². The maximum atomic E-state index is 10.4. The number of carbonyl (C=O) groups excluding carboxylic acids is 1. The topological polar surface area (TPSA) is 17.1 Å². The Labute approximate surface area is 63.1 Å². The van der Waals surface area contributed by atoms with E-state index < -0.39 is 0 Å². The van der Waals surface area contributed by atoms with E-state index in [9.17, 15) is 4.79 Å². The minimum Gasteiger partial charge on any atom is -0.302 e. The van der Waals surface area contributed by atoms with Crippen molar-refractivity contribution < 1.29 is 4.79 Å². The van der Waals surface area contributed by atoms with Crippen molar-refractivity contribution in [2.45, 2.75) is 27.7 Å². The van der Waals surface area contributed by atoms with Gasteiger partial charge in [0.1, 0.15) is 6.29 Å². The molecule has 0 radical (unpaired) electrons. The maximum absolute atomic E-state index is 10.4. The molecule has 0 fully saturated rings. The molecule has 0 atom stereocenters. The first-order chi connectivity index (χ1) is 4.48. The van der Waals surface area contributed by atoms with E-state index in [1.54, 1.807) is 0 Å². The second-order valence-corrected chi connectivity index (χ2v) is 3.54. The highest BCUT2D eigenvalue weighted by Gasteiger charge is 2.10. The molecule has 0 aromatic heterocycles. The quantitative estimate of drug-likeness (QED) is 0.434. The van der Waals surface area contributed by atoms with Crippen LogP contribution < -0.4 is 0 Å². The highest BCUT2D eigenvalue weighted by Crippen LogP contribution is 2.13. The van der Waals surface area contributed by atoms with Gasteiger partial charge in [-0.2, -0.15) is 0 Å². The number of allylic oxidation sites excluding steroid dienone is 2. The third kappa shape index (κ3) is 4.30. The van der Waals surface area contributed by atoms with Crippen molar-refractivity contribution in [1.82, 2.24) is 0 Å². The fourth-order valence-corrected chi connectivity index (χ4v) is 0.480. The van der Waals surface area contributed by atoms with Crippen LogP contribution in [0.4, 0.5) is 0 Å². The molecule has 0 aliphatic carbocycles. The predicted octanol–water partition coefficient (Wildman–Crippen LogP) is 2.42. The summed E-state index contributed by atoms with van der Waals surface area (Å²) < 4.78 is 0. The monoisotopic (exact) mass is 140 g/mol. The van der Waals surface area contributed by atoms with Crippen LogP contribution in [0.25, 0.3) is 0 Å². The van der Waals surface area contributed by atoms with Gasteiger partial charge < -0.3 is 4.79 Å². The zero-order valence-electron chi connectivity index (χ0n) is 7.22. The lowest BCUT2D eigenvalue weighted by molar-refractivity contribution is -0.112. The Morgan fingerprint density at radius 3 is 2.10 bits per heavy atom. The standard InChI is InChI=1S/C9H16O/c1-8(2)5-6-9(3,4)7-10/h5-8H,1-4H3/b6-5+. The molecule has 10 heavy (non-hydrogen) atoms. The number of hydrogen-bond acceptors (Lipinski definition) is 1. The minimum absolute atomic E-state index is 0.287. The van der Waals surface area contributed by atoms with Gasteiger partial charge in [0.2, 0.25) is 0 Å². The van der Waals surface area contributed by atoms with Crippen LogP contribution in [-0.2, 0) is 4.79 Å². The normalized spacial score (nSPS) is 12.9. The highest BCUT2D eigenvalue weighted by atomic mass is 16.1. The molecule has 0 amide bonds. The first-order valence-electron chi connectivity index (χ1n) is 3.63. The summed E-state index contributed by atoms with van der Waals surface area (Å²) >= 11 is 0. The number of carbonyl (C=O) groups is 1. The van der Waals surface area contributed by atoms with Gasteiger partial charge >= 0.3 is 0 Å². The summed E-state index contributed by atoms with van der Waals surface area (Å²) in [6, 6.07) is 0. The molecule has 0 saturated carbocycles. The fraction of sp³-hybridized carbons (Fsp3) is 0.667. The molecule has 0 aromatic rings. The molecule has 0 aromatic carbocycles. The van der Waals surface area contributed by atoms with Gasteiger partial charge in [0.15, 0.2) is 0 Å². The molecular weight excluding hydrogens is 124 g/mol.